The summed E-state index contributed by atoms with van der Waals surface area (Å²) in [6.45, 7) is 2.02. The Bertz CT molecular complexity index is 1190. The van der Waals surface area contributed by atoms with Gasteiger partial charge in [0.25, 0.3) is 0 Å². The lowest BCUT2D eigenvalue weighted by Gasteiger charge is -2.26. The number of nitrogens with one attached hydrogen (secondary N) is 1. The van der Waals surface area contributed by atoms with E-state index in [9.17, 15) is 9.59 Å². The van der Waals surface area contributed by atoms with Crippen molar-refractivity contribution in [1.29, 1.82) is 0 Å². The van der Waals surface area contributed by atoms with Crippen molar-refractivity contribution < 1.29 is 19.1 Å². The van der Waals surface area contributed by atoms with Gasteiger partial charge < -0.3 is 19.4 Å². The number of para-hydroxylation sites is 1. The Morgan fingerprint density at radius 3 is 2.73 bits per heavy atom. The van der Waals surface area contributed by atoms with Gasteiger partial charge in [-0.05, 0) is 25.1 Å². The molecule has 0 saturated heterocycles. The minimum Gasteiger partial charge on any atom is -0.423 e. The number of imidazole rings is 1. The highest BCUT2D eigenvalue weighted by molar-refractivity contribution is 7.99. The summed E-state index contributed by atoms with van der Waals surface area (Å²) in [6, 6.07) is 9.70. The van der Waals surface area contributed by atoms with Gasteiger partial charge >= 0.3 is 11.9 Å². The Morgan fingerprint density at radius 1 is 1.13 bits per heavy atom. The van der Waals surface area contributed by atoms with Crippen LogP contribution in [-0.4, -0.2) is 21.5 Å². The fourth-order valence-electron chi connectivity index (χ4n) is 3.50. The number of hydrogen-bond acceptors (Lipinski definition) is 7. The third-order valence-corrected chi connectivity index (χ3v) is 6.09. The zero-order valence-electron chi connectivity index (χ0n) is 16.0. The third kappa shape index (κ3) is 3.35. The van der Waals surface area contributed by atoms with E-state index >= 15 is 0 Å². The molecule has 1 aromatic heterocycles. The number of nitrogens with zero attached hydrogens (tertiary/aromatic N) is 2. The van der Waals surface area contributed by atoms with Crippen LogP contribution >= 0.6 is 11.8 Å². The Morgan fingerprint density at radius 2 is 1.93 bits per heavy atom. The van der Waals surface area contributed by atoms with Gasteiger partial charge in [-0.2, -0.15) is 0 Å². The second-order valence-electron chi connectivity index (χ2n) is 7.02. The summed E-state index contributed by atoms with van der Waals surface area (Å²) in [5.41, 5.74) is 2.26. The maximum absolute atomic E-state index is 12.4. The lowest BCUT2D eigenvalue weighted by molar-refractivity contribution is -0.131. The normalized spacial score (nSPS) is 16.6. The van der Waals surface area contributed by atoms with Crippen molar-refractivity contribution in [2.75, 3.05) is 5.32 Å². The summed E-state index contributed by atoms with van der Waals surface area (Å²) >= 11 is 1.53. The Labute approximate surface area is 176 Å². The van der Waals surface area contributed by atoms with Crippen molar-refractivity contribution in [1.82, 2.24) is 9.55 Å². The van der Waals surface area contributed by atoms with Gasteiger partial charge in [-0.3, -0.25) is 0 Å². The van der Waals surface area contributed by atoms with Crippen LogP contribution < -0.4 is 14.8 Å². The van der Waals surface area contributed by atoms with E-state index in [0.717, 1.165) is 27.6 Å². The number of rotatable bonds is 3. The van der Waals surface area contributed by atoms with E-state index < -0.39 is 11.9 Å². The second-order valence-corrected chi connectivity index (χ2v) is 8.10. The first kappa shape index (κ1) is 18.5. The van der Waals surface area contributed by atoms with Crippen LogP contribution in [-0.2, 0) is 16.0 Å². The molecule has 1 atom stereocenters. The molecule has 150 valence electrons. The standard InChI is InChI=1S/C22H17N3O4S/c1-13(25-9-8-23-12-25)10-14-16-11-18-21(24-15-4-2-3-5-17(15)30-18)22(14)29-20(27)7-6-19(26)28-16/h2-9,11-13,24H,10H2,1H3/b7-6+. The molecule has 7 nitrogen and oxygen atoms in total. The smallest absolute Gasteiger partial charge is 0.336 e. The zero-order chi connectivity index (χ0) is 20.7. The molecule has 8 heteroatoms. The molecule has 2 aliphatic heterocycles. The number of carbonyl (C=O) groups excluding carboxylic acids is 2. The molecule has 1 unspecified atom stereocenters. The maximum Gasteiger partial charge on any atom is 0.336 e. The molecular formula is C22H17N3O4S. The number of benzene rings is 2. The minimum atomic E-state index is -0.629. The van der Waals surface area contributed by atoms with E-state index in [2.05, 4.69) is 10.3 Å². The van der Waals surface area contributed by atoms with E-state index in [0.29, 0.717) is 29.2 Å². The Kier molecular flexibility index (Phi) is 4.55. The van der Waals surface area contributed by atoms with E-state index in [1.807, 2.05) is 48.0 Å². The van der Waals surface area contributed by atoms with Gasteiger partial charge in [0.15, 0.2) is 5.75 Å². The largest absolute Gasteiger partial charge is 0.423 e. The highest BCUT2D eigenvalue weighted by Gasteiger charge is 2.29. The minimum absolute atomic E-state index is 0.00213. The van der Waals surface area contributed by atoms with Crippen molar-refractivity contribution in [3.8, 4) is 11.5 Å². The first-order chi connectivity index (χ1) is 14.6. The van der Waals surface area contributed by atoms with Gasteiger partial charge in [0, 0.05) is 52.4 Å². The third-order valence-electron chi connectivity index (χ3n) is 4.98. The monoisotopic (exact) mass is 419 g/mol. The fraction of sp³-hybridized carbons (Fsp3) is 0.136. The number of ether oxygens (including phenoxy) is 2. The van der Waals surface area contributed by atoms with Gasteiger partial charge in [0.2, 0.25) is 0 Å². The predicted molar refractivity (Wildman–Crippen MR) is 111 cm³/mol. The van der Waals surface area contributed by atoms with Gasteiger partial charge in [0.05, 0.1) is 17.7 Å². The van der Waals surface area contributed by atoms with E-state index in [1.165, 1.54) is 11.8 Å². The van der Waals surface area contributed by atoms with Crippen LogP contribution in [0.15, 0.2) is 71.0 Å². The molecule has 2 aliphatic rings. The van der Waals surface area contributed by atoms with E-state index in [4.69, 9.17) is 9.47 Å². The molecule has 0 radical (unpaired) electrons. The predicted octanol–water partition coefficient (Wildman–Crippen LogP) is 4.28. The van der Waals surface area contributed by atoms with E-state index in [1.54, 1.807) is 12.5 Å². The topological polar surface area (TPSA) is 82.5 Å². The van der Waals surface area contributed by atoms with Gasteiger partial charge in [-0.1, -0.05) is 23.9 Å². The van der Waals surface area contributed by atoms with Crippen LogP contribution in [0.25, 0.3) is 0 Å². The molecule has 2 aromatic carbocycles. The zero-order valence-corrected chi connectivity index (χ0v) is 16.8. The lowest BCUT2D eigenvalue weighted by atomic mass is 10.0. The summed E-state index contributed by atoms with van der Waals surface area (Å²) in [5, 5.41) is 3.39. The van der Waals surface area contributed by atoms with Crippen LogP contribution in [0.1, 0.15) is 18.5 Å². The molecule has 0 aliphatic carbocycles. The first-order valence-electron chi connectivity index (χ1n) is 9.41. The van der Waals surface area contributed by atoms with Crippen molar-refractivity contribution in [2.24, 2.45) is 0 Å². The summed E-state index contributed by atoms with van der Waals surface area (Å²) < 4.78 is 13.3. The molecule has 3 aromatic rings. The van der Waals surface area contributed by atoms with Crippen molar-refractivity contribution in [2.45, 2.75) is 29.2 Å². The number of anilines is 2. The van der Waals surface area contributed by atoms with Crippen molar-refractivity contribution >= 4 is 35.1 Å². The molecule has 0 saturated carbocycles. The first-order valence-corrected chi connectivity index (χ1v) is 10.2. The highest BCUT2D eigenvalue weighted by Crippen LogP contribution is 2.52. The molecule has 0 spiro atoms. The molecule has 0 fully saturated rings. The van der Waals surface area contributed by atoms with Gasteiger partial charge in [-0.15, -0.1) is 0 Å². The molecular weight excluding hydrogens is 402 g/mol. The number of aromatic nitrogens is 2. The Balaban J connectivity index is 1.66. The summed E-state index contributed by atoms with van der Waals surface area (Å²) in [6.07, 6.45) is 7.93. The van der Waals surface area contributed by atoms with Gasteiger partial charge in [-0.25, -0.2) is 14.6 Å². The number of hydrogen-bond donors (Lipinski definition) is 1. The fourth-order valence-corrected chi connectivity index (χ4v) is 4.53. The SMILES string of the molecule is CC(Cc1c2cc3c(c1OC(=O)/C=C/C(=O)O2)Nc1ccccc1S3)n1ccnc1. The van der Waals surface area contributed by atoms with Crippen molar-refractivity contribution in [3.63, 3.8) is 0 Å². The number of fused-ring (bicyclic) bond motifs is 5. The summed E-state index contributed by atoms with van der Waals surface area (Å²) in [5.74, 6) is -0.490. The summed E-state index contributed by atoms with van der Waals surface area (Å²) in [4.78, 5) is 30.5. The average molecular weight is 419 g/mol. The molecule has 0 amide bonds. The lowest BCUT2D eigenvalue weighted by Crippen LogP contribution is -2.14. The summed E-state index contributed by atoms with van der Waals surface area (Å²) in [7, 11) is 0. The highest BCUT2D eigenvalue weighted by atomic mass is 32.2. The van der Waals surface area contributed by atoms with Crippen molar-refractivity contribution in [3.05, 3.63) is 66.8 Å². The van der Waals surface area contributed by atoms with Crippen LogP contribution in [0.4, 0.5) is 11.4 Å². The number of carbonyl (C=O) groups is 2. The second kappa shape index (κ2) is 7.38. The molecule has 30 heavy (non-hydrogen) atoms. The Hall–Kier alpha value is -3.52. The quantitative estimate of drug-likeness (QED) is 0.392. The van der Waals surface area contributed by atoms with E-state index in [-0.39, 0.29) is 6.04 Å². The van der Waals surface area contributed by atoms with Crippen LogP contribution in [0.3, 0.4) is 0 Å². The van der Waals surface area contributed by atoms with Crippen LogP contribution in [0, 0.1) is 0 Å². The van der Waals surface area contributed by atoms with Gasteiger partial charge in [0.1, 0.15) is 5.75 Å². The maximum atomic E-state index is 12.4. The van der Waals surface area contributed by atoms with Crippen LogP contribution in [0.2, 0.25) is 0 Å². The molecule has 1 N–H and O–H groups in total. The number of esters is 2. The van der Waals surface area contributed by atoms with Crippen LogP contribution in [0.5, 0.6) is 11.5 Å². The molecule has 3 heterocycles. The molecule has 2 bridgehead atoms. The average Bonchev–Trinajstić information content (AvgIpc) is 3.28. The molecule has 5 rings (SSSR count).